The van der Waals surface area contributed by atoms with Crippen LogP contribution in [0.5, 0.6) is 23.0 Å². The van der Waals surface area contributed by atoms with Crippen molar-refractivity contribution in [3.8, 4) is 23.0 Å². The molecule has 2 heterocycles. The van der Waals surface area contributed by atoms with Crippen molar-refractivity contribution in [3.63, 3.8) is 0 Å². The van der Waals surface area contributed by atoms with Gasteiger partial charge in [-0.05, 0) is 72.8 Å². The van der Waals surface area contributed by atoms with Crippen molar-refractivity contribution < 1.29 is 13.9 Å². The molecule has 7 aromatic carbocycles. The van der Waals surface area contributed by atoms with Crippen molar-refractivity contribution in [2.75, 3.05) is 9.80 Å². The van der Waals surface area contributed by atoms with Crippen LogP contribution in [0.1, 0.15) is 0 Å². The lowest BCUT2D eigenvalue weighted by atomic mass is 10.1. The molecule has 0 amide bonds. The number of furan rings is 1. The fourth-order valence-electron chi connectivity index (χ4n) is 6.35. The van der Waals surface area contributed by atoms with Gasteiger partial charge in [0.25, 0.3) is 0 Å². The Bertz CT molecular complexity index is 2330. The van der Waals surface area contributed by atoms with Gasteiger partial charge in [0.1, 0.15) is 5.58 Å². The highest BCUT2D eigenvalue weighted by Crippen LogP contribution is 2.51. The van der Waals surface area contributed by atoms with Crippen molar-refractivity contribution in [3.05, 3.63) is 170 Å². The smallest absolute Gasteiger partial charge is 0.172 e. The van der Waals surface area contributed by atoms with Crippen LogP contribution in [0.2, 0.25) is 0 Å². The average Bonchev–Trinajstić information content (AvgIpc) is 3.52. The topological polar surface area (TPSA) is 38.1 Å². The van der Waals surface area contributed by atoms with Gasteiger partial charge in [-0.15, -0.1) is 0 Å². The van der Waals surface area contributed by atoms with E-state index in [-0.39, 0.29) is 0 Å². The molecule has 1 aliphatic rings. The van der Waals surface area contributed by atoms with E-state index in [9.17, 15) is 0 Å². The van der Waals surface area contributed by atoms with Gasteiger partial charge >= 0.3 is 0 Å². The Hall–Kier alpha value is -6.46. The summed E-state index contributed by atoms with van der Waals surface area (Å²) in [6.07, 6.45) is 0. The van der Waals surface area contributed by atoms with Crippen LogP contribution in [0.4, 0.5) is 34.1 Å². The van der Waals surface area contributed by atoms with Crippen molar-refractivity contribution in [2.24, 2.45) is 0 Å². The number of anilines is 6. The first-order valence-corrected chi connectivity index (χ1v) is 15.6. The number of hydrogen-bond donors (Lipinski definition) is 0. The zero-order valence-electron chi connectivity index (χ0n) is 25.3. The van der Waals surface area contributed by atoms with Crippen molar-refractivity contribution in [2.45, 2.75) is 0 Å². The molecule has 0 atom stereocenters. The van der Waals surface area contributed by atoms with Crippen molar-refractivity contribution in [1.82, 2.24) is 0 Å². The number of nitrogens with zero attached hydrogens (tertiary/aromatic N) is 2. The molecule has 1 aromatic heterocycles. The normalized spacial score (nSPS) is 11.7. The summed E-state index contributed by atoms with van der Waals surface area (Å²) in [5.41, 5.74) is 7.63. The summed E-state index contributed by atoms with van der Waals surface area (Å²) in [5, 5.41) is 2.16. The monoisotopic (exact) mass is 608 g/mol. The molecule has 0 saturated carbocycles. The first-order valence-electron chi connectivity index (χ1n) is 15.6. The standard InChI is InChI=1S/C42H28N2O3/c1-4-13-29(14-5-1)43(30-15-6-2-7-16-30)32-23-25-38-40(27-32)45-39-26-24-33(28-41(39)46-38)44(31-17-8-3-9-18-31)36-21-12-20-35-34-19-10-11-22-37(34)47-42(35)36/h1-28H. The van der Waals surface area contributed by atoms with Gasteiger partial charge < -0.3 is 23.7 Å². The van der Waals surface area contributed by atoms with E-state index in [2.05, 4.69) is 82.6 Å². The minimum Gasteiger partial charge on any atom is -0.454 e. The maximum absolute atomic E-state index is 6.53. The van der Waals surface area contributed by atoms with E-state index in [1.54, 1.807) is 0 Å². The molecule has 0 radical (unpaired) electrons. The number of rotatable bonds is 6. The highest BCUT2D eigenvalue weighted by molar-refractivity contribution is 6.10. The van der Waals surface area contributed by atoms with Crippen LogP contribution < -0.4 is 19.3 Å². The Balaban J connectivity index is 1.11. The predicted molar refractivity (Wildman–Crippen MR) is 190 cm³/mol. The third kappa shape index (κ3) is 4.73. The number of fused-ring (bicyclic) bond motifs is 5. The van der Waals surface area contributed by atoms with Crippen LogP contribution in [0.25, 0.3) is 21.9 Å². The third-order valence-electron chi connectivity index (χ3n) is 8.48. The van der Waals surface area contributed by atoms with Crippen LogP contribution in [-0.4, -0.2) is 0 Å². The maximum atomic E-state index is 6.53. The van der Waals surface area contributed by atoms with Gasteiger partial charge in [0, 0.05) is 40.0 Å². The predicted octanol–water partition coefficient (Wildman–Crippen LogP) is 12.4. The van der Waals surface area contributed by atoms with Gasteiger partial charge in [-0.1, -0.05) is 84.9 Å². The molecule has 0 unspecified atom stereocenters. The molecule has 0 aliphatic carbocycles. The zero-order valence-corrected chi connectivity index (χ0v) is 25.3. The highest BCUT2D eigenvalue weighted by Gasteiger charge is 2.25. The molecular formula is C42H28N2O3. The molecule has 9 rings (SSSR count). The highest BCUT2D eigenvalue weighted by atomic mass is 16.6. The first-order chi connectivity index (χ1) is 23.3. The van der Waals surface area contributed by atoms with Gasteiger partial charge in [-0.2, -0.15) is 0 Å². The summed E-state index contributed by atoms with van der Waals surface area (Å²) in [6, 6.07) is 57.5. The van der Waals surface area contributed by atoms with E-state index in [1.807, 2.05) is 97.1 Å². The van der Waals surface area contributed by atoms with Crippen LogP contribution in [0.3, 0.4) is 0 Å². The second kappa shape index (κ2) is 11.2. The van der Waals surface area contributed by atoms with Crippen molar-refractivity contribution >= 4 is 56.1 Å². The molecule has 0 N–H and O–H groups in total. The molecule has 0 bridgehead atoms. The first kappa shape index (κ1) is 26.9. The minimum atomic E-state index is 0.642. The average molecular weight is 609 g/mol. The lowest BCUT2D eigenvalue weighted by molar-refractivity contribution is 0.360. The Morgan fingerprint density at radius 1 is 0.340 bits per heavy atom. The van der Waals surface area contributed by atoms with Crippen molar-refractivity contribution in [1.29, 1.82) is 0 Å². The number of para-hydroxylation sites is 5. The fraction of sp³-hybridized carbons (Fsp3) is 0. The summed E-state index contributed by atoms with van der Waals surface area (Å²) >= 11 is 0. The molecule has 5 heteroatoms. The largest absolute Gasteiger partial charge is 0.454 e. The van der Waals surface area contributed by atoms with Crippen LogP contribution in [0, 0.1) is 0 Å². The molecule has 0 fully saturated rings. The van der Waals surface area contributed by atoms with E-state index in [0.29, 0.717) is 23.0 Å². The molecule has 1 aliphatic heterocycles. The SMILES string of the molecule is c1ccc(N(c2ccccc2)c2ccc3c(c2)Oc2ccc(N(c4ccccc4)c4cccc5c4oc4ccccc45)cc2O3)cc1. The van der Waals surface area contributed by atoms with Gasteiger partial charge in [-0.3, -0.25) is 0 Å². The summed E-state index contributed by atoms with van der Waals surface area (Å²) < 4.78 is 19.5. The van der Waals surface area contributed by atoms with Gasteiger partial charge in [0.05, 0.1) is 17.1 Å². The maximum Gasteiger partial charge on any atom is 0.172 e. The molecule has 224 valence electrons. The Morgan fingerprint density at radius 2 is 0.830 bits per heavy atom. The van der Waals surface area contributed by atoms with E-state index in [1.165, 1.54) is 0 Å². The molecule has 8 aromatic rings. The van der Waals surface area contributed by atoms with Crippen LogP contribution >= 0.6 is 0 Å². The van der Waals surface area contributed by atoms with Crippen LogP contribution in [0.15, 0.2) is 174 Å². The molecule has 47 heavy (non-hydrogen) atoms. The lowest BCUT2D eigenvalue weighted by Crippen LogP contribution is -2.11. The molecular weight excluding hydrogens is 580 g/mol. The van der Waals surface area contributed by atoms with Gasteiger partial charge in [0.2, 0.25) is 0 Å². The number of ether oxygens (including phenoxy) is 2. The molecule has 0 spiro atoms. The quantitative estimate of drug-likeness (QED) is 0.188. The summed E-state index contributed by atoms with van der Waals surface area (Å²) in [4.78, 5) is 4.41. The Kier molecular flexibility index (Phi) is 6.39. The third-order valence-corrected chi connectivity index (χ3v) is 8.48. The van der Waals surface area contributed by atoms with Crippen LogP contribution in [-0.2, 0) is 0 Å². The molecule has 5 nitrogen and oxygen atoms in total. The zero-order chi connectivity index (χ0) is 31.2. The van der Waals surface area contributed by atoms with Gasteiger partial charge in [-0.25, -0.2) is 0 Å². The van der Waals surface area contributed by atoms with E-state index < -0.39 is 0 Å². The van der Waals surface area contributed by atoms with Gasteiger partial charge in [0.15, 0.2) is 28.6 Å². The summed E-state index contributed by atoms with van der Waals surface area (Å²) in [7, 11) is 0. The van der Waals surface area contributed by atoms with E-state index in [0.717, 1.165) is 56.1 Å². The fourth-order valence-corrected chi connectivity index (χ4v) is 6.35. The molecule has 0 saturated heterocycles. The number of hydrogen-bond acceptors (Lipinski definition) is 5. The Labute approximate surface area is 272 Å². The Morgan fingerprint density at radius 3 is 1.43 bits per heavy atom. The summed E-state index contributed by atoms with van der Waals surface area (Å²) in [6.45, 7) is 0. The lowest BCUT2D eigenvalue weighted by Gasteiger charge is -2.29. The van der Waals surface area contributed by atoms with E-state index in [4.69, 9.17) is 13.9 Å². The second-order valence-corrected chi connectivity index (χ2v) is 11.4. The second-order valence-electron chi connectivity index (χ2n) is 11.4. The summed E-state index contributed by atoms with van der Waals surface area (Å²) in [5.74, 6) is 2.61. The number of benzene rings is 7. The van der Waals surface area contributed by atoms with E-state index >= 15 is 0 Å². The minimum absolute atomic E-state index is 0.642.